The van der Waals surface area contributed by atoms with Crippen LogP contribution >= 0.6 is 0 Å². The molecule has 4 rings (SSSR count). The van der Waals surface area contributed by atoms with Crippen LogP contribution in [0.2, 0.25) is 0 Å². The van der Waals surface area contributed by atoms with Crippen molar-refractivity contribution < 1.29 is 28.5 Å². The van der Waals surface area contributed by atoms with Crippen molar-refractivity contribution in [1.82, 2.24) is 5.43 Å². The van der Waals surface area contributed by atoms with Crippen molar-refractivity contribution in [2.24, 2.45) is 11.6 Å². The summed E-state index contributed by atoms with van der Waals surface area (Å²) in [6, 6.07) is 26.5. The molecular formula is C37H43N3O6. The summed E-state index contributed by atoms with van der Waals surface area (Å²) in [5.41, 5.74) is 13.2. The van der Waals surface area contributed by atoms with Crippen LogP contribution in [0.15, 0.2) is 91.1 Å². The molecule has 0 saturated carbocycles. The molecule has 9 heteroatoms. The van der Waals surface area contributed by atoms with Crippen LogP contribution in [0.3, 0.4) is 0 Å². The molecule has 0 bridgehead atoms. The lowest BCUT2D eigenvalue weighted by molar-refractivity contribution is 0.0598. The van der Waals surface area contributed by atoms with E-state index in [4.69, 9.17) is 35.3 Å². The zero-order chi connectivity index (χ0) is 32.7. The average Bonchev–Trinajstić information content (AvgIpc) is 3.09. The molecule has 242 valence electrons. The molecule has 0 amide bonds. The molecule has 0 fully saturated rings. The van der Waals surface area contributed by atoms with Gasteiger partial charge in [-0.15, -0.1) is 0 Å². The van der Waals surface area contributed by atoms with E-state index in [0.29, 0.717) is 54.8 Å². The van der Waals surface area contributed by atoms with E-state index in [2.05, 4.69) is 19.3 Å². The minimum atomic E-state index is -0.455. The van der Waals surface area contributed by atoms with E-state index >= 15 is 0 Å². The molecule has 4 aromatic rings. The maximum Gasteiger partial charge on any atom is 0.341 e. The van der Waals surface area contributed by atoms with Gasteiger partial charge in [-0.3, -0.25) is 5.84 Å². The van der Waals surface area contributed by atoms with E-state index in [9.17, 15) is 4.79 Å². The number of nitrogens with one attached hydrogen (secondary N) is 1. The van der Waals surface area contributed by atoms with Gasteiger partial charge in [0.1, 0.15) is 40.9 Å². The summed E-state index contributed by atoms with van der Waals surface area (Å²) >= 11 is 0. The Morgan fingerprint density at radius 2 is 1.48 bits per heavy atom. The number of methoxy groups -OCH3 is 1. The van der Waals surface area contributed by atoms with Gasteiger partial charge in [0.15, 0.2) is 0 Å². The second-order valence-electron chi connectivity index (χ2n) is 10.4. The summed E-state index contributed by atoms with van der Waals surface area (Å²) in [5, 5.41) is 0. The molecule has 0 aliphatic heterocycles. The topological polar surface area (TPSA) is 127 Å². The number of nitrogens with two attached hydrogens (primary N) is 2. The zero-order valence-corrected chi connectivity index (χ0v) is 26.7. The predicted molar refractivity (Wildman–Crippen MR) is 180 cm³/mol. The van der Waals surface area contributed by atoms with Gasteiger partial charge in [0.05, 0.1) is 26.0 Å². The number of para-hydroxylation sites is 1. The number of aryl methyl sites for hydroxylation is 1. The molecule has 5 N–H and O–H groups in total. The third-order valence-electron chi connectivity index (χ3n) is 7.30. The minimum absolute atomic E-state index is 0.360. The Morgan fingerprint density at radius 3 is 2.17 bits per heavy atom. The van der Waals surface area contributed by atoms with E-state index in [1.165, 1.54) is 13.3 Å². The molecule has 46 heavy (non-hydrogen) atoms. The highest BCUT2D eigenvalue weighted by Crippen LogP contribution is 2.36. The van der Waals surface area contributed by atoms with Crippen LogP contribution in [0.5, 0.6) is 28.7 Å². The van der Waals surface area contributed by atoms with E-state index in [1.54, 1.807) is 18.2 Å². The minimum Gasteiger partial charge on any atom is -0.493 e. The molecule has 0 spiro atoms. The number of benzene rings is 4. The lowest BCUT2D eigenvalue weighted by Gasteiger charge is -2.19. The number of rotatable bonds is 17. The number of carbonyl (C=O) groups excluding carboxylic acids is 1. The standard InChI is InChI=1S/C37H43N3O6/c1-4-13-28-32(18-11-19-33(28)46-34-17-10-9-16-29(34)37(41)42-3)43-20-12-21-44-35-23-36(45-25-26-14-7-6-8-15-26)30(22-27(35)5-2)31(24-38)40-39/h6-11,14-19,22-24,40H,4-5,12-13,20-21,25,38-39H2,1-3H3/b31-24-. The molecule has 0 aliphatic carbocycles. The van der Waals surface area contributed by atoms with Gasteiger partial charge in [-0.2, -0.15) is 0 Å². The number of hydrogen-bond acceptors (Lipinski definition) is 9. The van der Waals surface area contributed by atoms with Crippen LogP contribution in [0.1, 0.15) is 59.3 Å². The van der Waals surface area contributed by atoms with Gasteiger partial charge in [0.2, 0.25) is 0 Å². The molecule has 0 aliphatic rings. The van der Waals surface area contributed by atoms with Crippen molar-refractivity contribution in [3.8, 4) is 28.7 Å². The van der Waals surface area contributed by atoms with Crippen molar-refractivity contribution >= 4 is 11.7 Å². The fourth-order valence-corrected chi connectivity index (χ4v) is 4.95. The molecule has 0 aromatic heterocycles. The van der Waals surface area contributed by atoms with Crippen molar-refractivity contribution in [3.63, 3.8) is 0 Å². The Balaban J connectivity index is 1.44. The third-order valence-corrected chi connectivity index (χ3v) is 7.30. The van der Waals surface area contributed by atoms with E-state index in [0.717, 1.165) is 53.0 Å². The first-order valence-electron chi connectivity index (χ1n) is 15.5. The summed E-state index contributed by atoms with van der Waals surface area (Å²) in [7, 11) is 1.35. The number of carbonyl (C=O) groups is 1. The SMILES string of the molecule is CCCc1c(OCCCOc2cc(OCc3ccccc3)c(/C(=C/N)NN)cc2CC)cccc1Oc1ccccc1C(=O)OC. The Kier molecular flexibility index (Phi) is 12.7. The van der Waals surface area contributed by atoms with Crippen molar-refractivity contribution in [2.45, 2.75) is 46.1 Å². The number of hydrogen-bond donors (Lipinski definition) is 3. The maximum atomic E-state index is 12.3. The van der Waals surface area contributed by atoms with Crippen molar-refractivity contribution in [2.75, 3.05) is 20.3 Å². The monoisotopic (exact) mass is 625 g/mol. The van der Waals surface area contributed by atoms with E-state index in [-0.39, 0.29) is 0 Å². The highest BCUT2D eigenvalue weighted by Gasteiger charge is 2.18. The van der Waals surface area contributed by atoms with Gasteiger partial charge >= 0.3 is 5.97 Å². The Bertz CT molecular complexity index is 1610. The quantitative estimate of drug-likeness (QED) is 0.0495. The van der Waals surface area contributed by atoms with Crippen molar-refractivity contribution in [1.29, 1.82) is 0 Å². The maximum absolute atomic E-state index is 12.3. The van der Waals surface area contributed by atoms with Crippen LogP contribution in [0.4, 0.5) is 0 Å². The third kappa shape index (κ3) is 8.73. The second kappa shape index (κ2) is 17.4. The number of esters is 1. The Morgan fingerprint density at radius 1 is 0.783 bits per heavy atom. The van der Waals surface area contributed by atoms with Gasteiger partial charge in [-0.1, -0.05) is 68.8 Å². The molecule has 0 heterocycles. The van der Waals surface area contributed by atoms with Gasteiger partial charge < -0.3 is 34.8 Å². The summed E-state index contributed by atoms with van der Waals surface area (Å²) < 4.78 is 29.9. The number of ether oxygens (including phenoxy) is 5. The highest BCUT2D eigenvalue weighted by molar-refractivity contribution is 5.92. The zero-order valence-electron chi connectivity index (χ0n) is 26.7. The second-order valence-corrected chi connectivity index (χ2v) is 10.4. The van der Waals surface area contributed by atoms with Crippen LogP contribution < -0.4 is 35.9 Å². The smallest absolute Gasteiger partial charge is 0.341 e. The summed E-state index contributed by atoms with van der Waals surface area (Å²) in [5.74, 6) is 8.45. The fraction of sp³-hybridized carbons (Fsp3) is 0.270. The first-order valence-corrected chi connectivity index (χ1v) is 15.5. The van der Waals surface area contributed by atoms with Gasteiger partial charge in [0.25, 0.3) is 0 Å². The molecule has 0 atom stereocenters. The lowest BCUT2D eigenvalue weighted by atomic mass is 10.0. The van der Waals surface area contributed by atoms with Gasteiger partial charge in [-0.25, -0.2) is 4.79 Å². The Hall–Kier alpha value is -5.15. The van der Waals surface area contributed by atoms with Gasteiger partial charge in [-0.05, 0) is 54.3 Å². The molecular weight excluding hydrogens is 582 g/mol. The molecule has 0 radical (unpaired) electrons. The van der Waals surface area contributed by atoms with Crippen LogP contribution in [-0.4, -0.2) is 26.3 Å². The van der Waals surface area contributed by atoms with Crippen LogP contribution in [0, 0.1) is 0 Å². The molecule has 0 unspecified atom stereocenters. The van der Waals surface area contributed by atoms with Crippen LogP contribution in [0.25, 0.3) is 5.70 Å². The fourth-order valence-electron chi connectivity index (χ4n) is 4.95. The largest absolute Gasteiger partial charge is 0.493 e. The predicted octanol–water partition coefficient (Wildman–Crippen LogP) is 6.93. The van der Waals surface area contributed by atoms with E-state index in [1.807, 2.05) is 66.7 Å². The van der Waals surface area contributed by atoms with E-state index < -0.39 is 5.97 Å². The lowest BCUT2D eigenvalue weighted by Crippen LogP contribution is -2.21. The first kappa shape index (κ1) is 33.7. The normalized spacial score (nSPS) is 11.1. The summed E-state index contributed by atoms with van der Waals surface area (Å²) in [6.07, 6.45) is 4.45. The molecule has 4 aromatic carbocycles. The van der Waals surface area contributed by atoms with Crippen LogP contribution in [-0.2, 0) is 24.2 Å². The average molecular weight is 626 g/mol. The molecule has 0 saturated heterocycles. The van der Waals surface area contributed by atoms with Crippen molar-refractivity contribution in [3.05, 3.63) is 119 Å². The first-order chi connectivity index (χ1) is 22.5. The summed E-state index contributed by atoms with van der Waals surface area (Å²) in [6.45, 7) is 5.42. The van der Waals surface area contributed by atoms with Gasteiger partial charge in [0, 0.05) is 29.8 Å². The summed E-state index contributed by atoms with van der Waals surface area (Å²) in [4.78, 5) is 12.3. The highest BCUT2D eigenvalue weighted by atomic mass is 16.5. The molecule has 9 nitrogen and oxygen atoms in total. The number of hydrazine groups is 1. The Labute approximate surface area is 271 Å².